The predicted octanol–water partition coefficient (Wildman–Crippen LogP) is 10.7. The number of hydrogen-bond donors (Lipinski definition) is 3. The maximum absolute atomic E-state index is 12.5. The second-order valence-corrected chi connectivity index (χ2v) is 15.6. The molecule has 0 saturated heterocycles. The van der Waals surface area contributed by atoms with Crippen LogP contribution in [0.2, 0.25) is 0 Å². The summed E-state index contributed by atoms with van der Waals surface area (Å²) in [6.45, 7) is 2.75. The largest absolute Gasteiger partial charge is 0.480 e. The Kier molecular flexibility index (Phi) is 35.5. The third kappa shape index (κ3) is 36.7. The summed E-state index contributed by atoms with van der Waals surface area (Å²) >= 11 is 0. The topological polar surface area (TPSA) is 172 Å². The Morgan fingerprint density at radius 1 is 0.585 bits per heavy atom. The van der Waals surface area contributed by atoms with E-state index in [0.29, 0.717) is 12.8 Å². The minimum Gasteiger partial charge on any atom is -0.480 e. The number of carboxylic acids is 1. The van der Waals surface area contributed by atoms with E-state index in [1.54, 1.807) is 0 Å². The predicted molar refractivity (Wildman–Crippen MR) is 212 cm³/mol. The molecule has 0 aromatic rings. The molecule has 0 bridgehead atoms. The zero-order chi connectivity index (χ0) is 39.3. The number of carboxylic acid groups (broad SMARTS) is 1. The van der Waals surface area contributed by atoms with Crippen molar-refractivity contribution >= 4 is 25.7 Å². The van der Waals surface area contributed by atoms with Crippen molar-refractivity contribution in [3.63, 3.8) is 0 Å². The number of allylic oxidation sites excluding steroid dienone is 4. The van der Waals surface area contributed by atoms with Crippen LogP contribution < -0.4 is 5.73 Å². The molecule has 3 atom stereocenters. The number of aliphatic carboxylic acids is 1. The van der Waals surface area contributed by atoms with Gasteiger partial charge in [-0.05, 0) is 44.9 Å². The average molecular weight is 774 g/mol. The van der Waals surface area contributed by atoms with E-state index in [4.69, 9.17) is 24.8 Å². The molecule has 0 fully saturated rings. The van der Waals surface area contributed by atoms with Gasteiger partial charge in [-0.15, -0.1) is 0 Å². The molecule has 310 valence electrons. The number of phosphoric acid groups is 1. The van der Waals surface area contributed by atoms with E-state index in [0.717, 1.165) is 51.4 Å². The average Bonchev–Trinajstić information content (AvgIpc) is 3.13. The lowest BCUT2D eigenvalue weighted by Crippen LogP contribution is -2.34. The summed E-state index contributed by atoms with van der Waals surface area (Å²) in [5.41, 5.74) is 5.32. The highest BCUT2D eigenvalue weighted by molar-refractivity contribution is 7.47. The highest BCUT2D eigenvalue weighted by Crippen LogP contribution is 2.43. The Bertz CT molecular complexity index is 1010. The summed E-state index contributed by atoms with van der Waals surface area (Å²) < 4.78 is 32.6. The van der Waals surface area contributed by atoms with Gasteiger partial charge < -0.3 is 25.2 Å². The number of phosphoric ester groups is 1. The Labute approximate surface area is 321 Å². The van der Waals surface area contributed by atoms with Crippen LogP contribution in [0.3, 0.4) is 0 Å². The van der Waals surface area contributed by atoms with Crippen LogP contribution >= 0.6 is 7.82 Å². The van der Waals surface area contributed by atoms with Crippen LogP contribution in [-0.4, -0.2) is 59.9 Å². The van der Waals surface area contributed by atoms with Crippen molar-refractivity contribution in [2.45, 2.75) is 199 Å². The molecule has 1 unspecified atom stereocenters. The van der Waals surface area contributed by atoms with Crippen LogP contribution in [0.15, 0.2) is 24.3 Å². The second-order valence-electron chi connectivity index (χ2n) is 14.1. The molecule has 11 nitrogen and oxygen atoms in total. The summed E-state index contributed by atoms with van der Waals surface area (Å²) in [7, 11) is -4.71. The number of ether oxygens (including phenoxy) is 2. The zero-order valence-corrected chi connectivity index (χ0v) is 34.3. The van der Waals surface area contributed by atoms with Crippen molar-refractivity contribution in [2.75, 3.05) is 19.8 Å². The highest BCUT2D eigenvalue weighted by atomic mass is 31.2. The van der Waals surface area contributed by atoms with Gasteiger partial charge in [0.05, 0.1) is 13.2 Å². The molecule has 12 heteroatoms. The summed E-state index contributed by atoms with van der Waals surface area (Å²) in [5.74, 6) is -2.38. The lowest BCUT2D eigenvalue weighted by Gasteiger charge is -2.20. The molecule has 0 aliphatic heterocycles. The molecule has 0 heterocycles. The van der Waals surface area contributed by atoms with Gasteiger partial charge in [0.15, 0.2) is 6.10 Å². The molecule has 0 aromatic carbocycles. The summed E-state index contributed by atoms with van der Waals surface area (Å²) in [6, 6.07) is -1.52. The molecule has 0 amide bonds. The summed E-state index contributed by atoms with van der Waals surface area (Å²) in [4.78, 5) is 45.8. The van der Waals surface area contributed by atoms with Crippen LogP contribution in [0.5, 0.6) is 0 Å². The first-order valence-corrected chi connectivity index (χ1v) is 22.4. The SMILES string of the molecule is CCCCC/C=C/C/C=C/CCCCCCCCCCCC(=O)OC[C@@H](COP(=O)(O)OC[C@@H](N)C(=O)O)OC(=O)CCCCCCCCCCCC. The summed E-state index contributed by atoms with van der Waals surface area (Å²) in [5, 5.41) is 8.86. The molecule has 0 aromatic heterocycles. The first-order chi connectivity index (χ1) is 25.6. The van der Waals surface area contributed by atoms with E-state index in [-0.39, 0.29) is 19.4 Å². The highest BCUT2D eigenvalue weighted by Gasteiger charge is 2.28. The smallest absolute Gasteiger partial charge is 0.472 e. The number of nitrogens with two attached hydrogens (primary N) is 1. The molecule has 0 radical (unpaired) electrons. The van der Waals surface area contributed by atoms with Gasteiger partial charge in [-0.3, -0.25) is 23.4 Å². The van der Waals surface area contributed by atoms with E-state index >= 15 is 0 Å². The van der Waals surface area contributed by atoms with Crippen molar-refractivity contribution in [1.29, 1.82) is 0 Å². The molecule has 53 heavy (non-hydrogen) atoms. The van der Waals surface area contributed by atoms with Crippen molar-refractivity contribution in [2.24, 2.45) is 5.73 Å². The number of unbranched alkanes of at least 4 members (excludes halogenated alkanes) is 21. The summed E-state index contributed by atoms with van der Waals surface area (Å²) in [6.07, 6.45) is 36.8. The molecule has 0 aliphatic carbocycles. The van der Waals surface area contributed by atoms with Gasteiger partial charge in [-0.2, -0.15) is 0 Å². The van der Waals surface area contributed by atoms with Crippen LogP contribution in [0.1, 0.15) is 187 Å². The van der Waals surface area contributed by atoms with E-state index < -0.39 is 51.1 Å². The molecule has 4 N–H and O–H groups in total. The molecular weight excluding hydrogens is 697 g/mol. The monoisotopic (exact) mass is 774 g/mol. The standard InChI is InChI=1S/C41H76NO10P/c1-3-5-7-9-11-13-15-16-17-18-19-20-21-22-23-25-26-28-30-32-39(43)49-34-37(35-50-53(47,48)51-36-38(42)41(45)46)52-40(44)33-31-29-27-24-14-12-10-8-6-4-2/h11,13,16-17,37-38H,3-10,12,14-15,18-36,42H2,1-2H3,(H,45,46)(H,47,48)/b13-11+,17-16+/t37-,38+/m0/s1. The Morgan fingerprint density at radius 3 is 1.51 bits per heavy atom. The third-order valence-corrected chi connectivity index (χ3v) is 9.90. The van der Waals surface area contributed by atoms with Crippen molar-refractivity contribution in [3.8, 4) is 0 Å². The quantitative estimate of drug-likeness (QED) is 0.0235. The Morgan fingerprint density at radius 2 is 1.00 bits per heavy atom. The Hall–Kier alpha value is -2.04. The van der Waals surface area contributed by atoms with E-state index in [1.807, 2.05) is 0 Å². The van der Waals surface area contributed by atoms with E-state index in [9.17, 15) is 23.8 Å². The molecule has 0 saturated carbocycles. The lowest BCUT2D eigenvalue weighted by atomic mass is 10.1. The number of carbonyl (C=O) groups is 3. The van der Waals surface area contributed by atoms with Gasteiger partial charge in [0.2, 0.25) is 0 Å². The van der Waals surface area contributed by atoms with Crippen LogP contribution in [0.4, 0.5) is 0 Å². The fraction of sp³-hybridized carbons (Fsp3) is 0.829. The fourth-order valence-corrected chi connectivity index (χ4v) is 6.40. The molecule has 0 rings (SSSR count). The lowest BCUT2D eigenvalue weighted by molar-refractivity contribution is -0.161. The number of hydrogen-bond acceptors (Lipinski definition) is 9. The van der Waals surface area contributed by atoms with Crippen molar-refractivity contribution in [1.82, 2.24) is 0 Å². The van der Waals surface area contributed by atoms with E-state index in [1.165, 1.54) is 96.3 Å². The van der Waals surface area contributed by atoms with Gasteiger partial charge in [0.1, 0.15) is 12.6 Å². The Balaban J connectivity index is 4.30. The number of carbonyl (C=O) groups excluding carboxylic acids is 2. The third-order valence-electron chi connectivity index (χ3n) is 8.95. The van der Waals surface area contributed by atoms with Gasteiger partial charge in [-0.1, -0.05) is 154 Å². The van der Waals surface area contributed by atoms with Crippen LogP contribution in [0, 0.1) is 0 Å². The maximum atomic E-state index is 12.5. The first kappa shape index (κ1) is 51.0. The minimum atomic E-state index is -4.71. The number of rotatable bonds is 39. The van der Waals surface area contributed by atoms with Crippen LogP contribution in [0.25, 0.3) is 0 Å². The number of esters is 2. The van der Waals surface area contributed by atoms with E-state index in [2.05, 4.69) is 42.7 Å². The van der Waals surface area contributed by atoms with Gasteiger partial charge in [-0.25, -0.2) is 4.57 Å². The molecule has 0 spiro atoms. The molecule has 0 aliphatic rings. The first-order valence-electron chi connectivity index (χ1n) is 20.9. The van der Waals surface area contributed by atoms with Gasteiger partial charge in [0.25, 0.3) is 0 Å². The molecular formula is C41H76NO10P. The van der Waals surface area contributed by atoms with Crippen molar-refractivity contribution in [3.05, 3.63) is 24.3 Å². The van der Waals surface area contributed by atoms with Crippen molar-refractivity contribution < 1.29 is 47.5 Å². The fourth-order valence-electron chi connectivity index (χ4n) is 5.62. The zero-order valence-electron chi connectivity index (χ0n) is 33.4. The normalized spacial score (nSPS) is 14.0. The maximum Gasteiger partial charge on any atom is 0.472 e. The second kappa shape index (κ2) is 36.9. The van der Waals surface area contributed by atoms with Gasteiger partial charge >= 0.3 is 25.7 Å². The van der Waals surface area contributed by atoms with Crippen LogP contribution in [-0.2, 0) is 37.5 Å². The minimum absolute atomic E-state index is 0.163. The van der Waals surface area contributed by atoms with Gasteiger partial charge in [0, 0.05) is 12.8 Å².